The van der Waals surface area contributed by atoms with Crippen LogP contribution in [-0.2, 0) is 0 Å². The monoisotopic (exact) mass is 304 g/mol. The first-order valence-electron chi connectivity index (χ1n) is 7.44. The second kappa shape index (κ2) is 5.97. The zero-order chi connectivity index (χ0) is 14.8. The van der Waals surface area contributed by atoms with Crippen LogP contribution in [-0.4, -0.2) is 27.0 Å². The van der Waals surface area contributed by atoms with Gasteiger partial charge in [0.05, 0.1) is 0 Å². The number of thiazole rings is 1. The number of fused-ring (bicyclic) bond motifs is 1. The van der Waals surface area contributed by atoms with Crippen molar-refractivity contribution >= 4 is 22.2 Å². The molecule has 0 fully saturated rings. The molecule has 0 atom stereocenters. The molecule has 6 heteroatoms. The maximum absolute atomic E-state index is 12.3. The molecule has 0 saturated heterocycles. The summed E-state index contributed by atoms with van der Waals surface area (Å²) in [7, 11) is 0. The molecule has 2 aromatic heterocycles. The molecule has 3 rings (SSSR count). The van der Waals surface area contributed by atoms with E-state index < -0.39 is 0 Å². The molecule has 2 aromatic rings. The minimum absolute atomic E-state index is 0.00110. The van der Waals surface area contributed by atoms with E-state index in [2.05, 4.69) is 21.6 Å². The van der Waals surface area contributed by atoms with Crippen LogP contribution >= 0.6 is 11.3 Å². The second-order valence-corrected chi connectivity index (χ2v) is 6.47. The topological polar surface area (TPSA) is 59.3 Å². The Morgan fingerprint density at radius 2 is 2.24 bits per heavy atom. The summed E-state index contributed by atoms with van der Waals surface area (Å²) in [6.45, 7) is 4.55. The fraction of sp³-hybridized carbons (Fsp3) is 0.533. The van der Waals surface area contributed by atoms with Gasteiger partial charge in [-0.1, -0.05) is 23.0 Å². The van der Waals surface area contributed by atoms with Crippen LogP contribution in [0.1, 0.15) is 53.3 Å². The highest BCUT2D eigenvalue weighted by Gasteiger charge is 2.18. The van der Waals surface area contributed by atoms with Crippen molar-refractivity contribution in [2.45, 2.75) is 46.0 Å². The second-order valence-electron chi connectivity index (χ2n) is 5.50. The lowest BCUT2D eigenvalue weighted by Gasteiger charge is -2.12. The van der Waals surface area contributed by atoms with Crippen LogP contribution in [0.15, 0.2) is 11.6 Å². The minimum Gasteiger partial charge on any atom is -0.351 e. The summed E-state index contributed by atoms with van der Waals surface area (Å²) in [6.07, 6.45) is 8.26. The Bertz CT molecular complexity index is 698. The van der Waals surface area contributed by atoms with Crippen molar-refractivity contribution in [3.63, 3.8) is 0 Å². The zero-order valence-corrected chi connectivity index (χ0v) is 13.3. The van der Waals surface area contributed by atoms with E-state index in [1.54, 1.807) is 0 Å². The summed E-state index contributed by atoms with van der Waals surface area (Å²) < 4.78 is 1.93. The van der Waals surface area contributed by atoms with E-state index >= 15 is 0 Å². The molecule has 5 nitrogen and oxygen atoms in total. The molecule has 0 aromatic carbocycles. The number of hydrogen-bond donors (Lipinski definition) is 1. The molecule has 21 heavy (non-hydrogen) atoms. The predicted molar refractivity (Wildman–Crippen MR) is 83.8 cm³/mol. The highest BCUT2D eigenvalue weighted by Crippen LogP contribution is 2.23. The lowest BCUT2D eigenvalue weighted by atomic mass is 9.97. The number of allylic oxidation sites excluding steroid dienone is 1. The van der Waals surface area contributed by atoms with Crippen molar-refractivity contribution in [2.24, 2.45) is 0 Å². The summed E-state index contributed by atoms with van der Waals surface area (Å²) in [5.74, 6) is 0.823. The minimum atomic E-state index is -0.00110. The van der Waals surface area contributed by atoms with Gasteiger partial charge in [-0.2, -0.15) is 0 Å². The highest BCUT2D eigenvalue weighted by molar-refractivity contribution is 7.19. The summed E-state index contributed by atoms with van der Waals surface area (Å²) in [5.41, 5.74) is 2.41. The van der Waals surface area contributed by atoms with Crippen LogP contribution in [0.4, 0.5) is 0 Å². The first-order chi connectivity index (χ1) is 10.2. The van der Waals surface area contributed by atoms with E-state index in [4.69, 9.17) is 0 Å². The van der Waals surface area contributed by atoms with Crippen LogP contribution < -0.4 is 5.32 Å². The number of aryl methyl sites for hydroxylation is 2. The molecule has 1 aliphatic carbocycles. The smallest absolute Gasteiger partial charge is 0.263 e. The van der Waals surface area contributed by atoms with Gasteiger partial charge in [0.1, 0.15) is 10.7 Å². The Morgan fingerprint density at radius 1 is 1.38 bits per heavy atom. The van der Waals surface area contributed by atoms with Gasteiger partial charge in [-0.15, -0.1) is 10.2 Å². The molecule has 1 N–H and O–H groups in total. The van der Waals surface area contributed by atoms with Crippen LogP contribution in [0.3, 0.4) is 0 Å². The average molecular weight is 304 g/mol. The summed E-state index contributed by atoms with van der Waals surface area (Å²) in [5, 5.41) is 11.1. The van der Waals surface area contributed by atoms with Gasteiger partial charge in [-0.05, 0) is 46.0 Å². The molecule has 1 aliphatic rings. The molecule has 1 amide bonds. The summed E-state index contributed by atoms with van der Waals surface area (Å²) >= 11 is 1.40. The van der Waals surface area contributed by atoms with Gasteiger partial charge >= 0.3 is 0 Å². The van der Waals surface area contributed by atoms with Gasteiger partial charge in [0, 0.05) is 12.2 Å². The van der Waals surface area contributed by atoms with Gasteiger partial charge in [0.15, 0.2) is 0 Å². The van der Waals surface area contributed by atoms with Crippen molar-refractivity contribution in [3.05, 3.63) is 28.0 Å². The summed E-state index contributed by atoms with van der Waals surface area (Å²) in [4.78, 5) is 13.8. The lowest BCUT2D eigenvalue weighted by molar-refractivity contribution is 0.0957. The van der Waals surface area contributed by atoms with Gasteiger partial charge in [-0.25, -0.2) is 0 Å². The Kier molecular flexibility index (Phi) is 4.05. The van der Waals surface area contributed by atoms with Crippen molar-refractivity contribution in [1.82, 2.24) is 19.9 Å². The standard InChI is InChI=1S/C15H20N4OS/c1-10-13(21-15-18-17-11(2)19(10)15)14(20)16-9-8-12-6-4-3-5-7-12/h6H,3-5,7-9H2,1-2H3,(H,16,20). The third kappa shape index (κ3) is 2.85. The van der Waals surface area contributed by atoms with E-state index in [9.17, 15) is 4.79 Å². The molecule has 112 valence electrons. The third-order valence-electron chi connectivity index (χ3n) is 3.98. The molecular formula is C15H20N4OS. The number of nitrogens with one attached hydrogen (secondary N) is 1. The number of amides is 1. The summed E-state index contributed by atoms with van der Waals surface area (Å²) in [6, 6.07) is 0. The van der Waals surface area contributed by atoms with Crippen molar-refractivity contribution < 1.29 is 4.79 Å². The fourth-order valence-corrected chi connectivity index (χ4v) is 3.85. The van der Waals surface area contributed by atoms with E-state index in [1.165, 1.54) is 42.6 Å². The number of nitrogens with zero attached hydrogens (tertiary/aromatic N) is 3. The van der Waals surface area contributed by atoms with Gasteiger partial charge in [-0.3, -0.25) is 9.20 Å². The maximum atomic E-state index is 12.3. The Balaban J connectivity index is 1.64. The maximum Gasteiger partial charge on any atom is 0.263 e. The zero-order valence-electron chi connectivity index (χ0n) is 12.5. The van der Waals surface area contributed by atoms with Gasteiger partial charge in [0.2, 0.25) is 4.96 Å². The molecule has 0 aliphatic heterocycles. The van der Waals surface area contributed by atoms with Crippen molar-refractivity contribution in [3.8, 4) is 0 Å². The molecule has 0 bridgehead atoms. The molecular weight excluding hydrogens is 284 g/mol. The normalized spacial score (nSPS) is 15.2. The molecule has 2 heterocycles. The Hall–Kier alpha value is -1.69. The number of rotatable bonds is 4. The number of aromatic nitrogens is 3. The highest BCUT2D eigenvalue weighted by atomic mass is 32.1. The number of carbonyl (C=O) groups is 1. The number of hydrogen-bond acceptors (Lipinski definition) is 4. The molecule has 0 radical (unpaired) electrons. The molecule has 0 unspecified atom stereocenters. The van der Waals surface area contributed by atoms with Gasteiger partial charge in [0.25, 0.3) is 5.91 Å². The first kappa shape index (κ1) is 14.3. The molecule has 0 spiro atoms. The van der Waals surface area contributed by atoms with E-state index in [0.29, 0.717) is 6.54 Å². The predicted octanol–water partition coefficient (Wildman–Crippen LogP) is 3.03. The third-order valence-corrected chi connectivity index (χ3v) is 5.11. The Morgan fingerprint density at radius 3 is 2.95 bits per heavy atom. The van der Waals surface area contributed by atoms with E-state index in [-0.39, 0.29) is 5.91 Å². The lowest BCUT2D eigenvalue weighted by Crippen LogP contribution is -2.24. The fourth-order valence-electron chi connectivity index (χ4n) is 2.82. The van der Waals surface area contributed by atoms with Gasteiger partial charge < -0.3 is 5.32 Å². The van der Waals surface area contributed by atoms with Crippen molar-refractivity contribution in [1.29, 1.82) is 0 Å². The largest absolute Gasteiger partial charge is 0.351 e. The van der Waals surface area contributed by atoms with Crippen LogP contribution in [0.25, 0.3) is 4.96 Å². The van der Waals surface area contributed by atoms with Crippen LogP contribution in [0, 0.1) is 13.8 Å². The quantitative estimate of drug-likeness (QED) is 0.883. The number of carbonyl (C=O) groups excluding carboxylic acids is 1. The first-order valence-corrected chi connectivity index (χ1v) is 8.25. The Labute approximate surface area is 128 Å². The molecule has 0 saturated carbocycles. The van der Waals surface area contributed by atoms with E-state index in [0.717, 1.165) is 27.8 Å². The average Bonchev–Trinajstić information content (AvgIpc) is 3.01. The van der Waals surface area contributed by atoms with E-state index in [1.807, 2.05) is 18.2 Å². The van der Waals surface area contributed by atoms with Crippen LogP contribution in [0.5, 0.6) is 0 Å². The van der Waals surface area contributed by atoms with Crippen molar-refractivity contribution in [2.75, 3.05) is 6.54 Å². The van der Waals surface area contributed by atoms with Crippen LogP contribution in [0.2, 0.25) is 0 Å². The SMILES string of the molecule is Cc1nnc2sc(C(=O)NCCC3=CCCCC3)c(C)n12.